The second-order valence-corrected chi connectivity index (χ2v) is 6.84. The van der Waals surface area contributed by atoms with Crippen LogP contribution in [0.3, 0.4) is 0 Å². The zero-order valence-electron chi connectivity index (χ0n) is 16.6. The van der Waals surface area contributed by atoms with Crippen molar-refractivity contribution in [2.24, 2.45) is 0 Å². The highest BCUT2D eigenvalue weighted by Gasteiger charge is 2.24. The Hall–Kier alpha value is -3.34. The van der Waals surface area contributed by atoms with Gasteiger partial charge in [0.1, 0.15) is 12.4 Å². The first-order valence-electron chi connectivity index (χ1n) is 9.49. The van der Waals surface area contributed by atoms with Crippen molar-refractivity contribution in [1.82, 2.24) is 0 Å². The lowest BCUT2D eigenvalue weighted by Crippen LogP contribution is -2.16. The summed E-state index contributed by atoms with van der Waals surface area (Å²) in [6.45, 7) is 2.33. The molecule has 1 aromatic heterocycles. The molecule has 0 radical (unpaired) electrons. The van der Waals surface area contributed by atoms with E-state index in [1.54, 1.807) is 30.7 Å². The van der Waals surface area contributed by atoms with E-state index in [-0.39, 0.29) is 18.2 Å². The molecule has 0 amide bonds. The molecule has 0 saturated heterocycles. The molecule has 1 atom stereocenters. The van der Waals surface area contributed by atoms with Crippen molar-refractivity contribution >= 4 is 11.8 Å². The summed E-state index contributed by atoms with van der Waals surface area (Å²) >= 11 is 0. The van der Waals surface area contributed by atoms with E-state index in [1.807, 2.05) is 43.3 Å². The molecule has 5 heteroatoms. The Balaban J connectivity index is 1.82. The monoisotopic (exact) mass is 392 g/mol. The van der Waals surface area contributed by atoms with Crippen molar-refractivity contribution in [2.45, 2.75) is 32.3 Å². The lowest BCUT2D eigenvalue weighted by atomic mass is 9.85. The summed E-state index contributed by atoms with van der Waals surface area (Å²) in [5.41, 5.74) is 3.40. The van der Waals surface area contributed by atoms with Crippen molar-refractivity contribution in [1.29, 1.82) is 0 Å². The van der Waals surface area contributed by atoms with Crippen LogP contribution in [0.5, 0.6) is 5.75 Å². The van der Waals surface area contributed by atoms with Gasteiger partial charge in [-0.25, -0.2) is 0 Å². The Morgan fingerprint density at radius 1 is 1.07 bits per heavy atom. The minimum absolute atomic E-state index is 0.0445. The van der Waals surface area contributed by atoms with Crippen LogP contribution in [0, 0.1) is 6.92 Å². The van der Waals surface area contributed by atoms with Gasteiger partial charge in [-0.15, -0.1) is 0 Å². The lowest BCUT2D eigenvalue weighted by molar-refractivity contribution is -0.140. The van der Waals surface area contributed by atoms with E-state index in [0.29, 0.717) is 24.3 Å². The van der Waals surface area contributed by atoms with Crippen molar-refractivity contribution in [3.63, 3.8) is 0 Å². The van der Waals surface area contributed by atoms with Crippen LogP contribution in [0.25, 0.3) is 0 Å². The minimum Gasteiger partial charge on any atom is -0.489 e. The van der Waals surface area contributed by atoms with Gasteiger partial charge in [-0.1, -0.05) is 36.4 Å². The number of esters is 1. The Bertz CT molecular complexity index is 959. The molecule has 5 nitrogen and oxygen atoms in total. The first-order chi connectivity index (χ1) is 14.1. The Morgan fingerprint density at radius 3 is 2.62 bits per heavy atom. The van der Waals surface area contributed by atoms with Gasteiger partial charge < -0.3 is 13.9 Å². The zero-order valence-corrected chi connectivity index (χ0v) is 16.6. The number of benzene rings is 2. The number of hydrogen-bond donors (Lipinski definition) is 0. The normalized spacial score (nSPS) is 11.7. The van der Waals surface area contributed by atoms with Crippen LogP contribution >= 0.6 is 0 Å². The minimum atomic E-state index is -0.431. The van der Waals surface area contributed by atoms with Crippen LogP contribution in [-0.4, -0.2) is 18.9 Å². The average Bonchev–Trinajstić information content (AvgIpc) is 3.27. The number of furan rings is 1. The molecule has 1 heterocycles. The van der Waals surface area contributed by atoms with Crippen molar-refractivity contribution in [3.05, 3.63) is 89.4 Å². The Kier molecular flexibility index (Phi) is 6.85. The summed E-state index contributed by atoms with van der Waals surface area (Å²) in [5, 5.41) is 0. The fourth-order valence-electron chi connectivity index (χ4n) is 3.25. The second kappa shape index (κ2) is 9.73. The molecule has 0 spiro atoms. The molecule has 0 bridgehead atoms. The van der Waals surface area contributed by atoms with Gasteiger partial charge in [0.2, 0.25) is 0 Å². The molecule has 0 aliphatic heterocycles. The van der Waals surface area contributed by atoms with E-state index in [0.717, 1.165) is 16.7 Å². The first-order valence-corrected chi connectivity index (χ1v) is 9.49. The molecule has 0 fully saturated rings. The van der Waals surface area contributed by atoms with Gasteiger partial charge in [-0.05, 0) is 42.7 Å². The molecule has 3 rings (SSSR count). The summed E-state index contributed by atoms with van der Waals surface area (Å²) in [6, 6.07) is 16.7. The highest BCUT2D eigenvalue weighted by Crippen LogP contribution is 2.29. The van der Waals surface area contributed by atoms with Crippen molar-refractivity contribution in [2.75, 3.05) is 7.11 Å². The molecule has 0 saturated carbocycles. The molecule has 29 heavy (non-hydrogen) atoms. The maximum atomic E-state index is 13.4. The Morgan fingerprint density at radius 2 is 1.90 bits per heavy atom. The van der Waals surface area contributed by atoms with Crippen LogP contribution < -0.4 is 4.74 Å². The molecular weight excluding hydrogens is 368 g/mol. The smallest absolute Gasteiger partial charge is 0.305 e. The largest absolute Gasteiger partial charge is 0.489 e. The van der Waals surface area contributed by atoms with Crippen LogP contribution in [0.2, 0.25) is 0 Å². The highest BCUT2D eigenvalue weighted by molar-refractivity contribution is 6.01. The predicted molar refractivity (Wildman–Crippen MR) is 109 cm³/mol. The van der Waals surface area contributed by atoms with E-state index in [9.17, 15) is 9.59 Å². The lowest BCUT2D eigenvalue weighted by Gasteiger charge is -2.18. The molecule has 1 unspecified atom stereocenters. The third kappa shape index (κ3) is 5.35. The van der Waals surface area contributed by atoms with Gasteiger partial charge in [0.05, 0.1) is 19.6 Å². The standard InChI is InChI=1S/C24H24O5/c1-17-6-3-4-9-21(17)22(10-11-23(25)27-2)24(26)19-7-5-8-20(14-19)29-16-18-12-13-28-15-18/h3-9,12-15,22H,10-11,16H2,1-2H3. The fourth-order valence-corrected chi connectivity index (χ4v) is 3.25. The molecule has 150 valence electrons. The topological polar surface area (TPSA) is 65.7 Å². The number of hydrogen-bond acceptors (Lipinski definition) is 5. The number of Topliss-reactive ketones (excluding diaryl/α,β-unsaturated/α-hetero) is 1. The van der Waals surface area contributed by atoms with Crippen LogP contribution in [0.15, 0.2) is 71.5 Å². The first kappa shape index (κ1) is 20.4. The average molecular weight is 392 g/mol. The maximum absolute atomic E-state index is 13.4. The molecule has 3 aromatic rings. The predicted octanol–water partition coefficient (Wildman–Crippen LogP) is 5.09. The number of carbonyl (C=O) groups excluding carboxylic acids is 2. The van der Waals surface area contributed by atoms with Gasteiger partial charge in [-0.3, -0.25) is 9.59 Å². The van der Waals surface area contributed by atoms with E-state index < -0.39 is 5.92 Å². The second-order valence-electron chi connectivity index (χ2n) is 6.84. The number of methoxy groups -OCH3 is 1. The number of carbonyl (C=O) groups is 2. The van der Waals surface area contributed by atoms with Gasteiger partial charge in [-0.2, -0.15) is 0 Å². The molecule has 0 aliphatic rings. The summed E-state index contributed by atoms with van der Waals surface area (Å²) in [7, 11) is 1.35. The van der Waals surface area contributed by atoms with E-state index in [1.165, 1.54) is 7.11 Å². The highest BCUT2D eigenvalue weighted by atomic mass is 16.5. The van der Waals surface area contributed by atoms with Gasteiger partial charge >= 0.3 is 5.97 Å². The Labute approximate surface area is 170 Å². The maximum Gasteiger partial charge on any atom is 0.305 e. The zero-order chi connectivity index (χ0) is 20.6. The number of ketones is 1. The summed E-state index contributed by atoms with van der Waals surface area (Å²) in [5.74, 6) is -0.196. The van der Waals surface area contributed by atoms with Crippen LogP contribution in [-0.2, 0) is 16.1 Å². The van der Waals surface area contributed by atoms with E-state index in [2.05, 4.69) is 0 Å². The van der Waals surface area contributed by atoms with Crippen molar-refractivity contribution in [3.8, 4) is 5.75 Å². The van der Waals surface area contributed by atoms with Crippen LogP contribution in [0.4, 0.5) is 0 Å². The molecule has 0 aliphatic carbocycles. The van der Waals surface area contributed by atoms with Gasteiger partial charge in [0.25, 0.3) is 0 Å². The summed E-state index contributed by atoms with van der Waals surface area (Å²) in [6.07, 6.45) is 3.77. The number of rotatable bonds is 9. The third-order valence-electron chi connectivity index (χ3n) is 4.85. The molecule has 2 aromatic carbocycles. The fraction of sp³-hybridized carbons (Fsp3) is 0.250. The quantitative estimate of drug-likeness (QED) is 0.375. The van der Waals surface area contributed by atoms with Gasteiger partial charge in [0, 0.05) is 23.5 Å². The molecular formula is C24H24O5. The SMILES string of the molecule is COC(=O)CCC(C(=O)c1cccc(OCc2ccoc2)c1)c1ccccc1C. The third-order valence-corrected chi connectivity index (χ3v) is 4.85. The van der Waals surface area contributed by atoms with E-state index >= 15 is 0 Å². The van der Waals surface area contributed by atoms with Gasteiger partial charge in [0.15, 0.2) is 5.78 Å². The van der Waals surface area contributed by atoms with Crippen molar-refractivity contribution < 1.29 is 23.5 Å². The van der Waals surface area contributed by atoms with Crippen LogP contribution in [0.1, 0.15) is 45.8 Å². The molecule has 0 N–H and O–H groups in total. The summed E-state index contributed by atoms with van der Waals surface area (Å²) in [4.78, 5) is 25.0. The summed E-state index contributed by atoms with van der Waals surface area (Å²) < 4.78 is 15.6. The number of ether oxygens (including phenoxy) is 2. The number of aryl methyl sites for hydroxylation is 1. The van der Waals surface area contributed by atoms with E-state index in [4.69, 9.17) is 13.9 Å².